The van der Waals surface area contributed by atoms with Crippen molar-refractivity contribution < 1.29 is 9.90 Å². The van der Waals surface area contributed by atoms with Gasteiger partial charge < -0.3 is 5.11 Å². The Morgan fingerprint density at radius 3 is 2.46 bits per heavy atom. The number of rotatable bonds is 4. The lowest BCUT2D eigenvalue weighted by molar-refractivity contribution is -0.123. The van der Waals surface area contributed by atoms with Crippen LogP contribution in [0.5, 0.6) is 0 Å². The molecule has 0 rings (SSSR count). The van der Waals surface area contributed by atoms with E-state index in [1.165, 1.54) is 6.92 Å². The predicted molar refractivity (Wildman–Crippen MR) is 54.7 cm³/mol. The first kappa shape index (κ1) is 12.4. The first-order valence-corrected chi connectivity index (χ1v) is 4.61. The third kappa shape index (κ3) is 4.25. The number of hydrogen-bond donors (Lipinski definition) is 1. The number of allylic oxidation sites excluding steroid dienone is 2. The molecule has 0 radical (unpaired) electrons. The van der Waals surface area contributed by atoms with E-state index in [1.807, 2.05) is 6.92 Å². The topological polar surface area (TPSA) is 37.3 Å². The van der Waals surface area contributed by atoms with Crippen molar-refractivity contribution in [3.63, 3.8) is 0 Å². The third-order valence-corrected chi connectivity index (χ3v) is 2.07. The van der Waals surface area contributed by atoms with Crippen molar-refractivity contribution in [2.45, 2.75) is 33.3 Å². The van der Waals surface area contributed by atoms with E-state index in [9.17, 15) is 9.90 Å². The summed E-state index contributed by atoms with van der Waals surface area (Å²) in [7, 11) is 0. The average molecular weight is 203 g/mol. The van der Waals surface area contributed by atoms with Crippen molar-refractivity contribution in [3.8, 4) is 0 Å². The highest BCUT2D eigenvalue weighted by molar-refractivity contribution is 6.29. The van der Waals surface area contributed by atoms with E-state index in [0.717, 1.165) is 0 Å². The molecular formula is C10H15ClO2. The van der Waals surface area contributed by atoms with E-state index in [2.05, 4.69) is 0 Å². The Hall–Kier alpha value is -0.600. The molecule has 0 aliphatic carbocycles. The Morgan fingerprint density at radius 2 is 2.15 bits per heavy atom. The van der Waals surface area contributed by atoms with Gasteiger partial charge in [0, 0.05) is 5.03 Å². The van der Waals surface area contributed by atoms with Crippen LogP contribution < -0.4 is 0 Å². The Balaban J connectivity index is 4.64. The lowest BCUT2D eigenvalue weighted by atomic mass is 10.1. The van der Waals surface area contributed by atoms with Crippen molar-refractivity contribution in [3.05, 3.63) is 22.8 Å². The maximum atomic E-state index is 10.9. The smallest absolute Gasteiger partial charge is 0.162 e. The fourth-order valence-electron chi connectivity index (χ4n) is 0.838. The van der Waals surface area contributed by atoms with Crippen LogP contribution in [0.2, 0.25) is 0 Å². The number of Topliss-reactive ketones (excluding diaryl/α,β-unsaturated/α-hetero) is 1. The number of aliphatic hydroxyl groups is 1. The first-order chi connectivity index (χ1) is 6.02. The molecule has 0 bridgehead atoms. The van der Waals surface area contributed by atoms with Crippen LogP contribution >= 0.6 is 11.6 Å². The number of ketones is 1. The Kier molecular flexibility index (Phi) is 5.67. The lowest BCUT2D eigenvalue weighted by Crippen LogP contribution is -2.18. The minimum atomic E-state index is -1.05. The van der Waals surface area contributed by atoms with Crippen LogP contribution in [0.1, 0.15) is 27.2 Å². The summed E-state index contributed by atoms with van der Waals surface area (Å²) in [6, 6.07) is 0. The minimum absolute atomic E-state index is 0.273. The molecule has 0 aromatic heterocycles. The Bertz CT molecular complexity index is 241. The zero-order valence-electron chi connectivity index (χ0n) is 8.17. The fraction of sp³-hybridized carbons (Fsp3) is 0.500. The monoisotopic (exact) mass is 202 g/mol. The summed E-state index contributed by atoms with van der Waals surface area (Å²) < 4.78 is 0. The van der Waals surface area contributed by atoms with Gasteiger partial charge in [-0.05, 0) is 31.9 Å². The number of hydrogen-bond acceptors (Lipinski definition) is 2. The Morgan fingerprint density at radius 1 is 1.62 bits per heavy atom. The van der Waals surface area contributed by atoms with E-state index in [4.69, 9.17) is 11.6 Å². The molecule has 2 nitrogen and oxygen atoms in total. The van der Waals surface area contributed by atoms with Gasteiger partial charge in [-0.3, -0.25) is 4.79 Å². The van der Waals surface area contributed by atoms with Crippen LogP contribution in [0, 0.1) is 0 Å². The standard InChI is InChI=1S/C10H15ClO2/c1-4-8(6-9(11)5-2)10(13)7(3)12/h4,6,10,13H,5H2,1-3H3/b8-4+,9-6+. The van der Waals surface area contributed by atoms with Gasteiger partial charge in [0.15, 0.2) is 5.78 Å². The zero-order chi connectivity index (χ0) is 10.4. The van der Waals surface area contributed by atoms with Gasteiger partial charge in [0.2, 0.25) is 0 Å². The van der Waals surface area contributed by atoms with E-state index in [1.54, 1.807) is 19.1 Å². The highest BCUT2D eigenvalue weighted by atomic mass is 35.5. The maximum Gasteiger partial charge on any atom is 0.162 e. The molecule has 1 atom stereocenters. The third-order valence-electron chi connectivity index (χ3n) is 1.70. The largest absolute Gasteiger partial charge is 0.381 e. The summed E-state index contributed by atoms with van der Waals surface area (Å²) in [5, 5.41) is 10.0. The molecule has 0 spiro atoms. The van der Waals surface area contributed by atoms with E-state index >= 15 is 0 Å². The quantitative estimate of drug-likeness (QED) is 0.711. The maximum absolute atomic E-state index is 10.9. The molecule has 0 heterocycles. The number of carbonyl (C=O) groups is 1. The molecule has 0 saturated carbocycles. The van der Waals surface area contributed by atoms with Crippen LogP contribution in [0.4, 0.5) is 0 Å². The zero-order valence-corrected chi connectivity index (χ0v) is 8.93. The van der Waals surface area contributed by atoms with Gasteiger partial charge in [-0.25, -0.2) is 0 Å². The van der Waals surface area contributed by atoms with Crippen molar-refractivity contribution >= 4 is 17.4 Å². The second-order valence-corrected chi connectivity index (χ2v) is 3.23. The Labute approximate surface area is 83.9 Å². The summed E-state index contributed by atoms with van der Waals surface area (Å²) >= 11 is 5.79. The van der Waals surface area contributed by atoms with Crippen molar-refractivity contribution in [1.82, 2.24) is 0 Å². The second kappa shape index (κ2) is 5.95. The summed E-state index contributed by atoms with van der Waals surface area (Å²) in [5.41, 5.74) is 0.555. The molecule has 13 heavy (non-hydrogen) atoms. The molecule has 1 N–H and O–H groups in total. The van der Waals surface area contributed by atoms with Crippen LogP contribution in [0.3, 0.4) is 0 Å². The highest BCUT2D eigenvalue weighted by Gasteiger charge is 2.12. The van der Waals surface area contributed by atoms with Gasteiger partial charge in [-0.15, -0.1) is 0 Å². The molecule has 0 aliphatic heterocycles. The van der Waals surface area contributed by atoms with Crippen LogP contribution in [-0.2, 0) is 4.79 Å². The van der Waals surface area contributed by atoms with Crippen LogP contribution in [0.15, 0.2) is 22.8 Å². The van der Waals surface area contributed by atoms with Gasteiger partial charge in [0.1, 0.15) is 6.10 Å². The molecule has 0 aromatic carbocycles. The van der Waals surface area contributed by atoms with Gasteiger partial charge in [-0.1, -0.05) is 24.6 Å². The number of aliphatic hydroxyl groups excluding tert-OH is 1. The lowest BCUT2D eigenvalue weighted by Gasteiger charge is -2.07. The molecular weight excluding hydrogens is 188 g/mol. The molecule has 0 saturated heterocycles. The fourth-order valence-corrected chi connectivity index (χ4v) is 0.964. The van der Waals surface area contributed by atoms with Crippen LogP contribution in [-0.4, -0.2) is 17.0 Å². The van der Waals surface area contributed by atoms with E-state index in [0.29, 0.717) is 17.0 Å². The predicted octanol–water partition coefficient (Wildman–Crippen LogP) is 2.42. The molecule has 74 valence electrons. The second-order valence-electron chi connectivity index (χ2n) is 2.75. The van der Waals surface area contributed by atoms with Gasteiger partial charge in [0.05, 0.1) is 0 Å². The SMILES string of the molecule is C/C=C(\C=C(\Cl)CC)C(O)C(C)=O. The average Bonchev–Trinajstić information content (AvgIpc) is 2.12. The molecule has 1 unspecified atom stereocenters. The summed E-state index contributed by atoms with van der Waals surface area (Å²) in [6.45, 7) is 5.02. The molecule has 0 amide bonds. The van der Waals surface area contributed by atoms with Gasteiger partial charge in [-0.2, -0.15) is 0 Å². The van der Waals surface area contributed by atoms with E-state index < -0.39 is 6.10 Å². The van der Waals surface area contributed by atoms with Crippen molar-refractivity contribution in [2.75, 3.05) is 0 Å². The van der Waals surface area contributed by atoms with Crippen molar-refractivity contribution in [2.24, 2.45) is 0 Å². The van der Waals surface area contributed by atoms with E-state index in [-0.39, 0.29) is 5.78 Å². The van der Waals surface area contributed by atoms with Crippen LogP contribution in [0.25, 0.3) is 0 Å². The summed E-state index contributed by atoms with van der Waals surface area (Å²) in [5.74, 6) is -0.273. The normalized spacial score (nSPS) is 15.8. The summed E-state index contributed by atoms with van der Waals surface area (Å²) in [4.78, 5) is 10.9. The first-order valence-electron chi connectivity index (χ1n) is 4.23. The molecule has 0 aliphatic rings. The van der Waals surface area contributed by atoms with Gasteiger partial charge >= 0.3 is 0 Å². The number of carbonyl (C=O) groups excluding carboxylic acids is 1. The number of halogens is 1. The minimum Gasteiger partial charge on any atom is -0.381 e. The molecule has 0 fully saturated rings. The molecule has 3 heteroatoms. The van der Waals surface area contributed by atoms with Crippen molar-refractivity contribution in [1.29, 1.82) is 0 Å². The summed E-state index contributed by atoms with van der Waals surface area (Å²) in [6.07, 6.45) is 2.96. The molecule has 0 aromatic rings. The van der Waals surface area contributed by atoms with Gasteiger partial charge in [0.25, 0.3) is 0 Å². The highest BCUT2D eigenvalue weighted by Crippen LogP contribution is 2.13.